The van der Waals surface area contributed by atoms with Gasteiger partial charge in [-0.1, -0.05) is 36.4 Å². The Labute approximate surface area is 223 Å². The number of carbonyl (C=O) groups is 1. The molecule has 38 heavy (non-hydrogen) atoms. The number of halogens is 1. The van der Waals surface area contributed by atoms with E-state index in [0.29, 0.717) is 18.9 Å². The quantitative estimate of drug-likeness (QED) is 0.209. The van der Waals surface area contributed by atoms with E-state index < -0.39 is 11.7 Å². The monoisotopic (exact) mass is 518 g/mol. The van der Waals surface area contributed by atoms with Crippen molar-refractivity contribution < 1.29 is 23.1 Å². The molecule has 0 aliphatic heterocycles. The van der Waals surface area contributed by atoms with Crippen molar-refractivity contribution >= 4 is 22.7 Å². The summed E-state index contributed by atoms with van der Waals surface area (Å²) in [5.74, 6) is 0.711. The van der Waals surface area contributed by atoms with Crippen molar-refractivity contribution in [3.05, 3.63) is 101 Å². The van der Waals surface area contributed by atoms with Crippen molar-refractivity contribution in [3.8, 4) is 0 Å². The van der Waals surface area contributed by atoms with E-state index in [0.717, 1.165) is 59.4 Å². The minimum Gasteiger partial charge on any atom is -0.461 e. The van der Waals surface area contributed by atoms with Gasteiger partial charge in [-0.25, -0.2) is 9.18 Å². The second-order valence-electron chi connectivity index (χ2n) is 10.3. The summed E-state index contributed by atoms with van der Waals surface area (Å²) in [4.78, 5) is 11.9. The maximum atomic E-state index is 13.1. The van der Waals surface area contributed by atoms with E-state index in [1.54, 1.807) is 0 Å². The van der Waals surface area contributed by atoms with E-state index in [-0.39, 0.29) is 5.82 Å². The number of rotatable bonds is 11. The van der Waals surface area contributed by atoms with Crippen molar-refractivity contribution in [1.82, 2.24) is 5.32 Å². The predicted molar refractivity (Wildman–Crippen MR) is 148 cm³/mol. The zero-order chi connectivity index (χ0) is 27.0. The number of ether oxygens (including phenoxy) is 2. The molecule has 1 aromatic heterocycles. The van der Waals surface area contributed by atoms with Crippen molar-refractivity contribution in [3.63, 3.8) is 0 Å². The highest BCUT2D eigenvalue weighted by molar-refractivity contribution is 5.84. The van der Waals surface area contributed by atoms with Crippen LogP contribution in [-0.4, -0.2) is 24.8 Å². The molecule has 0 spiro atoms. The summed E-state index contributed by atoms with van der Waals surface area (Å²) in [6.07, 6.45) is 1.11. The van der Waals surface area contributed by atoms with Crippen LogP contribution < -0.4 is 10.6 Å². The number of hydrogen-bond donors (Lipinski definition) is 2. The van der Waals surface area contributed by atoms with Gasteiger partial charge in [-0.2, -0.15) is 0 Å². The molecule has 3 aromatic carbocycles. The third-order valence-corrected chi connectivity index (χ3v) is 5.83. The fourth-order valence-electron chi connectivity index (χ4n) is 3.96. The lowest BCUT2D eigenvalue weighted by atomic mass is 10.1. The molecule has 0 bridgehead atoms. The van der Waals surface area contributed by atoms with Crippen LogP contribution in [0.2, 0.25) is 0 Å². The molecule has 0 aliphatic rings. The Bertz CT molecular complexity index is 1330. The molecule has 0 aliphatic carbocycles. The molecule has 200 valence electrons. The van der Waals surface area contributed by atoms with Crippen molar-refractivity contribution in [2.24, 2.45) is 0 Å². The van der Waals surface area contributed by atoms with E-state index in [4.69, 9.17) is 13.9 Å². The molecule has 1 heterocycles. The number of benzene rings is 3. The van der Waals surface area contributed by atoms with Gasteiger partial charge < -0.3 is 19.2 Å². The largest absolute Gasteiger partial charge is 0.461 e. The summed E-state index contributed by atoms with van der Waals surface area (Å²) in [7, 11) is 0. The Hall–Kier alpha value is -3.68. The number of carbonyl (C=O) groups excluding carboxylic acids is 1. The van der Waals surface area contributed by atoms with Gasteiger partial charge in [0.05, 0.1) is 13.2 Å². The standard InChI is InChI=1S/C31H35FN2O4/c1-31(2,3)38-30(35)34-27-13-7-23(8-14-27)21-36-17-16-33-20-24-4-10-25-19-28(37-29(25)18-24)15-9-22-5-11-26(32)12-6-22/h4-8,10-14,18-19,33H,9,15-17,20-21H2,1-3H3,(H,34,35). The van der Waals surface area contributed by atoms with E-state index in [1.807, 2.05) is 57.2 Å². The van der Waals surface area contributed by atoms with Gasteiger partial charge in [-0.05, 0) is 80.3 Å². The number of amides is 1. The molecule has 2 N–H and O–H groups in total. The highest BCUT2D eigenvalue weighted by atomic mass is 19.1. The molecule has 0 atom stereocenters. The van der Waals surface area contributed by atoms with E-state index in [9.17, 15) is 9.18 Å². The fourth-order valence-corrected chi connectivity index (χ4v) is 3.96. The number of aryl methyl sites for hydroxylation is 2. The fraction of sp³-hybridized carbons (Fsp3) is 0.323. The van der Waals surface area contributed by atoms with Gasteiger partial charge in [0, 0.05) is 30.6 Å². The van der Waals surface area contributed by atoms with Crippen LogP contribution in [0.25, 0.3) is 11.0 Å². The molecule has 0 unspecified atom stereocenters. The Morgan fingerprint density at radius 3 is 2.34 bits per heavy atom. The Morgan fingerprint density at radius 2 is 1.61 bits per heavy atom. The molecular weight excluding hydrogens is 483 g/mol. The van der Waals surface area contributed by atoms with Gasteiger partial charge in [0.1, 0.15) is 22.8 Å². The Balaban J connectivity index is 1.14. The smallest absolute Gasteiger partial charge is 0.412 e. The summed E-state index contributed by atoms with van der Waals surface area (Å²) >= 11 is 0. The minimum absolute atomic E-state index is 0.217. The van der Waals surface area contributed by atoms with E-state index in [1.165, 1.54) is 12.1 Å². The first kappa shape index (κ1) is 27.4. The maximum Gasteiger partial charge on any atom is 0.412 e. The zero-order valence-electron chi connectivity index (χ0n) is 22.2. The molecular formula is C31H35FN2O4. The van der Waals surface area contributed by atoms with Gasteiger partial charge in [-0.15, -0.1) is 0 Å². The first-order chi connectivity index (χ1) is 18.2. The minimum atomic E-state index is -0.534. The highest BCUT2D eigenvalue weighted by Crippen LogP contribution is 2.22. The number of fused-ring (bicyclic) bond motifs is 1. The van der Waals surface area contributed by atoms with Crippen molar-refractivity contribution in [2.45, 2.75) is 52.4 Å². The summed E-state index contributed by atoms with van der Waals surface area (Å²) in [6, 6.07) is 22.4. The number of furan rings is 1. The van der Waals surface area contributed by atoms with Crippen LogP contribution in [-0.2, 0) is 35.5 Å². The second-order valence-corrected chi connectivity index (χ2v) is 10.3. The summed E-state index contributed by atoms with van der Waals surface area (Å²) < 4.78 is 30.2. The number of nitrogens with one attached hydrogen (secondary N) is 2. The van der Waals surface area contributed by atoms with Crippen LogP contribution in [0.15, 0.2) is 77.2 Å². The zero-order valence-corrected chi connectivity index (χ0v) is 22.2. The van der Waals surface area contributed by atoms with Crippen LogP contribution in [0.5, 0.6) is 0 Å². The summed E-state index contributed by atoms with van der Waals surface area (Å²) in [5, 5.41) is 7.21. The topological polar surface area (TPSA) is 72.7 Å². The lowest BCUT2D eigenvalue weighted by molar-refractivity contribution is 0.0636. The number of hydrogen-bond acceptors (Lipinski definition) is 5. The van der Waals surface area contributed by atoms with Gasteiger partial charge in [0.2, 0.25) is 0 Å². The van der Waals surface area contributed by atoms with Crippen LogP contribution in [0.3, 0.4) is 0 Å². The molecule has 0 saturated heterocycles. The Morgan fingerprint density at radius 1 is 0.895 bits per heavy atom. The average Bonchev–Trinajstić information content (AvgIpc) is 3.28. The number of anilines is 1. The van der Waals surface area contributed by atoms with Gasteiger partial charge in [0.15, 0.2) is 0 Å². The molecule has 7 heteroatoms. The SMILES string of the molecule is CC(C)(C)OC(=O)Nc1ccc(COCCNCc2ccc3cc(CCc4ccc(F)cc4)oc3c2)cc1. The predicted octanol–water partition coefficient (Wildman–Crippen LogP) is 7.01. The molecule has 6 nitrogen and oxygen atoms in total. The third kappa shape index (κ3) is 8.71. The highest BCUT2D eigenvalue weighted by Gasteiger charge is 2.16. The average molecular weight is 519 g/mol. The molecule has 0 radical (unpaired) electrons. The lowest BCUT2D eigenvalue weighted by Gasteiger charge is -2.19. The van der Waals surface area contributed by atoms with E-state index in [2.05, 4.69) is 34.9 Å². The lowest BCUT2D eigenvalue weighted by Crippen LogP contribution is -2.27. The van der Waals surface area contributed by atoms with Crippen molar-refractivity contribution in [1.29, 1.82) is 0 Å². The molecule has 4 rings (SSSR count). The maximum absolute atomic E-state index is 13.1. The van der Waals surface area contributed by atoms with Gasteiger partial charge in [0.25, 0.3) is 0 Å². The summed E-state index contributed by atoms with van der Waals surface area (Å²) in [6.45, 7) is 8.00. The van der Waals surface area contributed by atoms with E-state index >= 15 is 0 Å². The van der Waals surface area contributed by atoms with Crippen LogP contribution in [0.4, 0.5) is 14.9 Å². The van der Waals surface area contributed by atoms with Crippen molar-refractivity contribution in [2.75, 3.05) is 18.5 Å². The molecule has 0 saturated carbocycles. The normalized spacial score (nSPS) is 11.6. The van der Waals surface area contributed by atoms with Crippen LogP contribution in [0, 0.1) is 5.82 Å². The summed E-state index contributed by atoms with van der Waals surface area (Å²) in [5.41, 5.74) is 4.28. The first-order valence-electron chi connectivity index (χ1n) is 12.9. The first-order valence-corrected chi connectivity index (χ1v) is 12.9. The molecule has 0 fully saturated rings. The third-order valence-electron chi connectivity index (χ3n) is 5.83. The van der Waals surface area contributed by atoms with Crippen LogP contribution in [0.1, 0.15) is 43.2 Å². The van der Waals surface area contributed by atoms with Gasteiger partial charge in [-0.3, -0.25) is 5.32 Å². The van der Waals surface area contributed by atoms with Crippen LogP contribution >= 0.6 is 0 Å². The Kier molecular flexibility index (Phi) is 9.15. The second kappa shape index (κ2) is 12.7. The molecule has 4 aromatic rings. The van der Waals surface area contributed by atoms with Gasteiger partial charge >= 0.3 is 6.09 Å². The molecule has 1 amide bonds.